The van der Waals surface area contributed by atoms with Gasteiger partial charge in [-0.05, 0) is 12.7 Å². The zero-order valence-corrected chi connectivity index (χ0v) is 14.1. The van der Waals surface area contributed by atoms with Crippen molar-refractivity contribution in [3.63, 3.8) is 0 Å². The molecule has 22 heavy (non-hydrogen) atoms. The van der Waals surface area contributed by atoms with Crippen LogP contribution < -0.4 is 0 Å². The van der Waals surface area contributed by atoms with Crippen molar-refractivity contribution in [3.05, 3.63) is 18.0 Å². The second-order valence-electron chi connectivity index (χ2n) is 5.37. The number of aromatic nitrogens is 2. The summed E-state index contributed by atoms with van der Waals surface area (Å²) in [4.78, 5) is 36.7. The van der Waals surface area contributed by atoms with Crippen LogP contribution in [0, 0.1) is 0 Å². The monoisotopic (exact) mass is 322 g/mol. The number of unbranched alkanes of at least 4 members (excludes halogenated alkanes) is 1. The molecule has 0 aromatic carbocycles. The van der Waals surface area contributed by atoms with Crippen LogP contribution in [0.25, 0.3) is 0 Å². The molecule has 0 aliphatic carbocycles. The summed E-state index contributed by atoms with van der Waals surface area (Å²) in [6.45, 7) is 3.20. The highest BCUT2D eigenvalue weighted by molar-refractivity contribution is 7.98. The fourth-order valence-electron chi connectivity index (χ4n) is 2.53. The summed E-state index contributed by atoms with van der Waals surface area (Å²) < 4.78 is 0. The van der Waals surface area contributed by atoms with E-state index in [0.717, 1.165) is 12.8 Å². The van der Waals surface area contributed by atoms with Gasteiger partial charge in [0.15, 0.2) is 5.16 Å². The summed E-state index contributed by atoms with van der Waals surface area (Å²) in [7, 11) is 1.79. The number of thioether (sulfide) groups is 1. The zero-order valence-electron chi connectivity index (χ0n) is 13.3. The number of rotatable bonds is 5. The average molecular weight is 322 g/mol. The fourth-order valence-corrected chi connectivity index (χ4v) is 2.85. The molecule has 0 N–H and O–H groups in total. The maximum Gasteiger partial charge on any atom is 0.257 e. The molecule has 120 valence electrons. The SMILES string of the molecule is CCCC[C@H]1C(=O)N(C)CCN1C(=O)c1cnc(SC)nc1. The number of piperazine rings is 1. The molecule has 0 radical (unpaired) electrons. The zero-order chi connectivity index (χ0) is 16.1. The standard InChI is InChI=1S/C15H22N4O2S/c1-4-5-6-12-14(21)18(2)7-8-19(12)13(20)11-9-16-15(22-3)17-10-11/h9-10,12H,4-8H2,1-3H3/t12-/m0/s1. The highest BCUT2D eigenvalue weighted by Gasteiger charge is 2.35. The molecule has 7 heteroatoms. The molecule has 0 bridgehead atoms. The van der Waals surface area contributed by atoms with Gasteiger partial charge in [-0.25, -0.2) is 9.97 Å². The summed E-state index contributed by atoms with van der Waals surface area (Å²) in [6, 6.07) is -0.369. The quantitative estimate of drug-likeness (QED) is 0.609. The second-order valence-corrected chi connectivity index (χ2v) is 6.15. The van der Waals surface area contributed by atoms with Gasteiger partial charge in [-0.1, -0.05) is 31.5 Å². The van der Waals surface area contributed by atoms with Gasteiger partial charge in [-0.3, -0.25) is 9.59 Å². The summed E-state index contributed by atoms with van der Waals surface area (Å²) in [5.74, 6) is -0.134. The molecule has 0 saturated carbocycles. The van der Waals surface area contributed by atoms with Crippen molar-refractivity contribution < 1.29 is 9.59 Å². The van der Waals surface area contributed by atoms with Crippen molar-refractivity contribution in [2.45, 2.75) is 37.4 Å². The first-order valence-corrected chi connectivity index (χ1v) is 8.73. The molecule has 1 aromatic rings. The highest BCUT2D eigenvalue weighted by atomic mass is 32.2. The maximum absolute atomic E-state index is 12.7. The van der Waals surface area contributed by atoms with Gasteiger partial charge in [0.1, 0.15) is 6.04 Å². The third kappa shape index (κ3) is 3.58. The van der Waals surface area contributed by atoms with Gasteiger partial charge < -0.3 is 9.80 Å². The number of carbonyl (C=O) groups excluding carboxylic acids is 2. The van der Waals surface area contributed by atoms with Crippen molar-refractivity contribution in [3.8, 4) is 0 Å². The lowest BCUT2D eigenvalue weighted by Gasteiger charge is -2.39. The number of carbonyl (C=O) groups is 2. The van der Waals surface area contributed by atoms with Gasteiger partial charge in [0.05, 0.1) is 5.56 Å². The highest BCUT2D eigenvalue weighted by Crippen LogP contribution is 2.19. The fraction of sp³-hybridized carbons (Fsp3) is 0.600. The first-order chi connectivity index (χ1) is 10.6. The van der Waals surface area contributed by atoms with E-state index < -0.39 is 0 Å². The Balaban J connectivity index is 2.18. The molecule has 1 aliphatic heterocycles. The van der Waals surface area contributed by atoms with Crippen molar-refractivity contribution >= 4 is 23.6 Å². The van der Waals surface area contributed by atoms with Gasteiger partial charge in [-0.15, -0.1) is 0 Å². The first-order valence-electron chi connectivity index (χ1n) is 7.50. The summed E-state index contributed by atoms with van der Waals surface area (Å²) in [6.07, 6.45) is 7.60. The molecular weight excluding hydrogens is 300 g/mol. The van der Waals surface area contributed by atoms with E-state index in [0.29, 0.717) is 30.2 Å². The molecule has 1 saturated heterocycles. The van der Waals surface area contributed by atoms with Crippen LogP contribution in [0.5, 0.6) is 0 Å². The summed E-state index contributed by atoms with van der Waals surface area (Å²) in [5.41, 5.74) is 0.441. The smallest absolute Gasteiger partial charge is 0.257 e. The molecule has 1 aliphatic rings. The van der Waals surface area contributed by atoms with Crippen LogP contribution in [-0.2, 0) is 4.79 Å². The number of hydrogen-bond acceptors (Lipinski definition) is 5. The van der Waals surface area contributed by atoms with Gasteiger partial charge in [0.25, 0.3) is 5.91 Å². The largest absolute Gasteiger partial charge is 0.342 e. The Kier molecular flexibility index (Phi) is 5.76. The molecular formula is C15H22N4O2S. The topological polar surface area (TPSA) is 66.4 Å². The van der Waals surface area contributed by atoms with E-state index in [1.54, 1.807) is 29.2 Å². The number of likely N-dealkylation sites (N-methyl/N-ethyl adjacent to an activating group) is 1. The van der Waals surface area contributed by atoms with Crippen molar-refractivity contribution in [2.75, 3.05) is 26.4 Å². The van der Waals surface area contributed by atoms with Crippen LogP contribution >= 0.6 is 11.8 Å². The predicted octanol–water partition coefficient (Wildman–Crippen LogP) is 1.67. The van der Waals surface area contributed by atoms with Crippen LogP contribution in [0.15, 0.2) is 17.6 Å². The van der Waals surface area contributed by atoms with Crippen molar-refractivity contribution in [2.24, 2.45) is 0 Å². The average Bonchev–Trinajstić information content (AvgIpc) is 2.55. The molecule has 0 unspecified atom stereocenters. The van der Waals surface area contributed by atoms with Gasteiger partial charge >= 0.3 is 0 Å². The van der Waals surface area contributed by atoms with Crippen molar-refractivity contribution in [1.29, 1.82) is 0 Å². The second kappa shape index (κ2) is 7.58. The molecule has 6 nitrogen and oxygen atoms in total. The lowest BCUT2D eigenvalue weighted by atomic mass is 10.0. The van der Waals surface area contributed by atoms with Gasteiger partial charge in [-0.2, -0.15) is 0 Å². The van der Waals surface area contributed by atoms with Crippen molar-refractivity contribution in [1.82, 2.24) is 19.8 Å². The first kappa shape index (κ1) is 16.7. The molecule has 2 amide bonds. The van der Waals surface area contributed by atoms with E-state index in [2.05, 4.69) is 16.9 Å². The van der Waals surface area contributed by atoms with E-state index in [9.17, 15) is 9.59 Å². The summed E-state index contributed by atoms with van der Waals surface area (Å²) in [5, 5.41) is 0.633. The Labute approximate surface area is 135 Å². The Morgan fingerprint density at radius 3 is 2.64 bits per heavy atom. The maximum atomic E-state index is 12.7. The van der Waals surface area contributed by atoms with E-state index >= 15 is 0 Å². The van der Waals surface area contributed by atoms with E-state index in [1.807, 2.05) is 6.26 Å². The van der Waals surface area contributed by atoms with Crippen LogP contribution in [0.2, 0.25) is 0 Å². The van der Waals surface area contributed by atoms with Crippen LogP contribution in [-0.4, -0.2) is 64.0 Å². The number of amides is 2. The van der Waals surface area contributed by atoms with Crippen LogP contribution in [0.3, 0.4) is 0 Å². The van der Waals surface area contributed by atoms with E-state index in [-0.39, 0.29) is 17.9 Å². The van der Waals surface area contributed by atoms with Gasteiger partial charge in [0, 0.05) is 32.5 Å². The van der Waals surface area contributed by atoms with Gasteiger partial charge in [0.2, 0.25) is 5.91 Å². The lowest BCUT2D eigenvalue weighted by Crippen LogP contribution is -2.57. The summed E-state index contributed by atoms with van der Waals surface area (Å²) >= 11 is 1.43. The molecule has 2 heterocycles. The molecule has 2 rings (SSSR count). The third-order valence-electron chi connectivity index (χ3n) is 3.86. The number of hydrogen-bond donors (Lipinski definition) is 0. The van der Waals surface area contributed by atoms with Crippen LogP contribution in [0.1, 0.15) is 36.5 Å². The lowest BCUT2D eigenvalue weighted by molar-refractivity contribution is -0.138. The molecule has 1 aromatic heterocycles. The molecule has 1 atom stereocenters. The minimum Gasteiger partial charge on any atom is -0.342 e. The Morgan fingerprint density at radius 1 is 1.36 bits per heavy atom. The predicted molar refractivity (Wildman–Crippen MR) is 85.8 cm³/mol. The minimum atomic E-state index is -0.369. The normalized spacial score (nSPS) is 18.7. The van der Waals surface area contributed by atoms with Crippen LogP contribution in [0.4, 0.5) is 0 Å². The number of nitrogens with zero attached hydrogens (tertiary/aromatic N) is 4. The molecule has 1 fully saturated rings. The van der Waals surface area contributed by atoms with E-state index in [4.69, 9.17) is 0 Å². The Morgan fingerprint density at radius 2 is 2.05 bits per heavy atom. The molecule has 0 spiro atoms. The Bertz CT molecular complexity index is 535. The Hall–Kier alpha value is -1.63. The minimum absolute atomic E-state index is 0.0229. The van der Waals surface area contributed by atoms with E-state index in [1.165, 1.54) is 11.8 Å². The third-order valence-corrected chi connectivity index (χ3v) is 4.44.